The van der Waals surface area contributed by atoms with Gasteiger partial charge in [-0.05, 0) is 60.4 Å². The minimum Gasteiger partial charge on any atom is -0.493 e. The van der Waals surface area contributed by atoms with Gasteiger partial charge in [0.25, 0.3) is 5.91 Å². The van der Waals surface area contributed by atoms with Crippen LogP contribution in [0.3, 0.4) is 0 Å². The molecular weight excluding hydrogens is 432 g/mol. The van der Waals surface area contributed by atoms with Gasteiger partial charge in [0, 0.05) is 41.7 Å². The predicted octanol–water partition coefficient (Wildman–Crippen LogP) is 5.55. The number of allylic oxidation sites excluding steroid dienone is 2. The lowest BCUT2D eigenvalue weighted by Gasteiger charge is -2.27. The normalized spacial score (nSPS) is 15.1. The SMILES string of the molecule is COc1ccc(-c2cnc3c(c2)C(C2=CCN(C(=O)c4ccc(C)s4)CC2)=CC3)cc1OC. The average molecular weight is 459 g/mol. The number of hydrogen-bond acceptors (Lipinski definition) is 5. The monoisotopic (exact) mass is 458 g/mol. The number of thiophene rings is 1. The molecule has 6 heteroatoms. The molecule has 3 aromatic rings. The summed E-state index contributed by atoms with van der Waals surface area (Å²) >= 11 is 1.56. The maximum atomic E-state index is 12.8. The fraction of sp³-hybridized carbons (Fsp3) is 0.259. The lowest BCUT2D eigenvalue weighted by Crippen LogP contribution is -2.34. The number of nitrogens with zero attached hydrogens (tertiary/aromatic N) is 2. The molecule has 0 N–H and O–H groups in total. The van der Waals surface area contributed by atoms with Crippen LogP contribution in [0.15, 0.2) is 60.3 Å². The number of aryl methyl sites for hydroxylation is 1. The fourth-order valence-corrected chi connectivity index (χ4v) is 5.31. The first-order valence-electron chi connectivity index (χ1n) is 11.0. The van der Waals surface area contributed by atoms with Crippen molar-refractivity contribution in [3.05, 3.63) is 81.3 Å². The number of hydrogen-bond donors (Lipinski definition) is 0. The van der Waals surface area contributed by atoms with Crippen LogP contribution in [0.25, 0.3) is 16.7 Å². The van der Waals surface area contributed by atoms with Gasteiger partial charge in [-0.1, -0.05) is 18.2 Å². The fourth-order valence-electron chi connectivity index (χ4n) is 4.48. The maximum absolute atomic E-state index is 12.8. The van der Waals surface area contributed by atoms with Gasteiger partial charge < -0.3 is 14.4 Å². The van der Waals surface area contributed by atoms with E-state index in [1.165, 1.54) is 16.7 Å². The summed E-state index contributed by atoms with van der Waals surface area (Å²) in [4.78, 5) is 21.5. The molecule has 2 aromatic heterocycles. The molecule has 0 saturated carbocycles. The first-order valence-corrected chi connectivity index (χ1v) is 11.9. The number of amides is 1. The predicted molar refractivity (Wildman–Crippen MR) is 132 cm³/mol. The number of carbonyl (C=O) groups excluding carboxylic acids is 1. The minimum absolute atomic E-state index is 0.126. The number of rotatable bonds is 5. The second kappa shape index (κ2) is 8.87. The van der Waals surface area contributed by atoms with Crippen molar-refractivity contribution in [2.45, 2.75) is 19.8 Å². The number of aromatic nitrogens is 1. The molecule has 0 fully saturated rings. The van der Waals surface area contributed by atoms with Crippen molar-refractivity contribution in [3.8, 4) is 22.6 Å². The van der Waals surface area contributed by atoms with E-state index < -0.39 is 0 Å². The Kier molecular flexibility index (Phi) is 5.77. The van der Waals surface area contributed by atoms with E-state index in [0.717, 1.165) is 46.0 Å². The maximum Gasteiger partial charge on any atom is 0.264 e. The highest BCUT2D eigenvalue weighted by atomic mass is 32.1. The van der Waals surface area contributed by atoms with Gasteiger partial charge in [0.2, 0.25) is 0 Å². The number of fused-ring (bicyclic) bond motifs is 1. The van der Waals surface area contributed by atoms with Crippen LogP contribution in [0.5, 0.6) is 11.5 Å². The van der Waals surface area contributed by atoms with Gasteiger partial charge >= 0.3 is 0 Å². The Hall–Kier alpha value is -3.38. The van der Waals surface area contributed by atoms with Crippen molar-refractivity contribution < 1.29 is 14.3 Å². The van der Waals surface area contributed by atoms with E-state index in [9.17, 15) is 4.79 Å². The molecule has 33 heavy (non-hydrogen) atoms. The van der Waals surface area contributed by atoms with E-state index in [2.05, 4.69) is 18.2 Å². The highest BCUT2D eigenvalue weighted by Gasteiger charge is 2.25. The van der Waals surface area contributed by atoms with E-state index in [-0.39, 0.29) is 5.91 Å². The Morgan fingerprint density at radius 1 is 1.03 bits per heavy atom. The second-order valence-electron chi connectivity index (χ2n) is 8.25. The van der Waals surface area contributed by atoms with E-state index in [4.69, 9.17) is 14.5 Å². The molecule has 3 heterocycles. The minimum atomic E-state index is 0.126. The standard InChI is InChI=1S/C27H26N2O3S/c1-17-4-9-26(33-17)27(30)29-12-10-18(11-13-29)21-6-7-23-22(21)14-20(16-28-23)19-5-8-24(31-2)25(15-19)32-3/h4-6,8-10,14-16H,7,11-13H2,1-3H3. The number of carbonyl (C=O) groups is 1. The highest BCUT2D eigenvalue weighted by molar-refractivity contribution is 7.13. The molecule has 168 valence electrons. The molecule has 1 aromatic carbocycles. The molecule has 5 nitrogen and oxygen atoms in total. The molecular formula is C27H26N2O3S. The molecule has 1 amide bonds. The summed E-state index contributed by atoms with van der Waals surface area (Å²) in [6, 6.07) is 12.1. The molecule has 2 aliphatic rings. The largest absolute Gasteiger partial charge is 0.493 e. The Labute approximate surface area is 198 Å². The molecule has 0 spiro atoms. The van der Waals surface area contributed by atoms with E-state index in [0.29, 0.717) is 18.0 Å². The Bertz CT molecular complexity index is 1290. The average Bonchev–Trinajstić information content (AvgIpc) is 3.49. The van der Waals surface area contributed by atoms with Crippen LogP contribution in [-0.4, -0.2) is 43.1 Å². The van der Waals surface area contributed by atoms with Gasteiger partial charge in [0.05, 0.1) is 24.8 Å². The van der Waals surface area contributed by atoms with Crippen molar-refractivity contribution in [3.63, 3.8) is 0 Å². The summed E-state index contributed by atoms with van der Waals surface area (Å²) in [5, 5.41) is 0. The third-order valence-electron chi connectivity index (χ3n) is 6.27. The summed E-state index contributed by atoms with van der Waals surface area (Å²) in [7, 11) is 3.28. The van der Waals surface area contributed by atoms with Crippen molar-refractivity contribution in [1.29, 1.82) is 0 Å². The Morgan fingerprint density at radius 2 is 1.88 bits per heavy atom. The van der Waals surface area contributed by atoms with E-state index >= 15 is 0 Å². The molecule has 0 unspecified atom stereocenters. The van der Waals surface area contributed by atoms with Crippen LogP contribution in [0.4, 0.5) is 0 Å². The quantitative estimate of drug-likeness (QED) is 0.503. The molecule has 0 saturated heterocycles. The first-order chi connectivity index (χ1) is 16.1. The van der Waals surface area contributed by atoms with Crippen LogP contribution in [0.2, 0.25) is 0 Å². The molecule has 1 aliphatic heterocycles. The molecule has 1 aliphatic carbocycles. The topological polar surface area (TPSA) is 51.7 Å². The van der Waals surface area contributed by atoms with Crippen molar-refractivity contribution in [2.75, 3.05) is 27.3 Å². The van der Waals surface area contributed by atoms with Crippen molar-refractivity contribution in [2.24, 2.45) is 0 Å². The summed E-state index contributed by atoms with van der Waals surface area (Å²) in [6.45, 7) is 3.40. The van der Waals surface area contributed by atoms with Crippen molar-refractivity contribution in [1.82, 2.24) is 9.88 Å². The number of pyridine rings is 1. The number of ether oxygens (including phenoxy) is 2. The first kappa shape index (κ1) is 21.5. The van der Waals surface area contributed by atoms with Gasteiger partial charge in [-0.15, -0.1) is 11.3 Å². The third kappa shape index (κ3) is 4.07. The van der Waals surface area contributed by atoms with Crippen LogP contribution in [-0.2, 0) is 6.42 Å². The zero-order valence-corrected chi connectivity index (χ0v) is 19.9. The summed E-state index contributed by atoms with van der Waals surface area (Å²) in [5.41, 5.74) is 6.91. The van der Waals surface area contributed by atoms with Gasteiger partial charge in [-0.2, -0.15) is 0 Å². The summed E-state index contributed by atoms with van der Waals surface area (Å²) in [6.07, 6.45) is 8.08. The molecule has 0 atom stereocenters. The van der Waals surface area contributed by atoms with Crippen LogP contribution in [0, 0.1) is 6.92 Å². The number of benzene rings is 1. The van der Waals surface area contributed by atoms with Gasteiger partial charge in [-0.3, -0.25) is 9.78 Å². The smallest absolute Gasteiger partial charge is 0.264 e. The van der Waals surface area contributed by atoms with Crippen LogP contribution in [0.1, 0.15) is 32.2 Å². The molecule has 5 rings (SSSR count). The lowest BCUT2D eigenvalue weighted by atomic mass is 9.94. The number of methoxy groups -OCH3 is 2. The zero-order valence-electron chi connectivity index (χ0n) is 19.1. The highest BCUT2D eigenvalue weighted by Crippen LogP contribution is 2.38. The summed E-state index contributed by atoms with van der Waals surface area (Å²) in [5.74, 6) is 1.54. The van der Waals surface area contributed by atoms with Crippen LogP contribution >= 0.6 is 11.3 Å². The van der Waals surface area contributed by atoms with E-state index in [1.807, 2.05) is 48.4 Å². The lowest BCUT2D eigenvalue weighted by molar-refractivity contribution is 0.0774. The molecule has 0 bridgehead atoms. The Balaban J connectivity index is 1.38. The van der Waals surface area contributed by atoms with E-state index in [1.54, 1.807) is 25.6 Å². The van der Waals surface area contributed by atoms with Gasteiger partial charge in [0.15, 0.2) is 11.5 Å². The molecule has 0 radical (unpaired) electrons. The van der Waals surface area contributed by atoms with Crippen LogP contribution < -0.4 is 9.47 Å². The van der Waals surface area contributed by atoms with Gasteiger partial charge in [0.1, 0.15) is 0 Å². The third-order valence-corrected chi connectivity index (χ3v) is 7.26. The van der Waals surface area contributed by atoms with Gasteiger partial charge in [-0.25, -0.2) is 0 Å². The zero-order chi connectivity index (χ0) is 22.9. The summed E-state index contributed by atoms with van der Waals surface area (Å²) < 4.78 is 10.8. The second-order valence-corrected chi connectivity index (χ2v) is 9.54. The Morgan fingerprint density at radius 3 is 2.58 bits per heavy atom. The van der Waals surface area contributed by atoms with Crippen molar-refractivity contribution >= 4 is 22.8 Å².